The monoisotopic (exact) mass is 283 g/mol. The Morgan fingerprint density at radius 1 is 1.53 bits per heavy atom. The third-order valence-electron chi connectivity index (χ3n) is 2.45. The highest BCUT2D eigenvalue weighted by Gasteiger charge is 2.12. The molecule has 0 saturated heterocycles. The number of nitro groups is 1. The summed E-state index contributed by atoms with van der Waals surface area (Å²) in [7, 11) is 0. The first-order valence-electron chi connectivity index (χ1n) is 5.75. The van der Waals surface area contributed by atoms with Crippen LogP contribution in [-0.2, 0) is 0 Å². The van der Waals surface area contributed by atoms with Gasteiger partial charge in [0.05, 0.1) is 4.92 Å². The number of nitro benzene ring substituents is 1. The van der Waals surface area contributed by atoms with Crippen molar-refractivity contribution in [2.24, 2.45) is 0 Å². The molecule has 0 spiro atoms. The number of nitrogens with one attached hydrogen (secondary N) is 2. The molecular formula is C12H17N3O3S. The minimum absolute atomic E-state index is 0.0432. The van der Waals surface area contributed by atoms with Crippen LogP contribution in [0.15, 0.2) is 18.2 Å². The SMILES string of the molecule is CSCC(C)NC(=O)Nc1ccc([N+](=O)[O-])c(C)c1. The second kappa shape index (κ2) is 6.98. The lowest BCUT2D eigenvalue weighted by Gasteiger charge is -2.13. The zero-order valence-electron chi connectivity index (χ0n) is 11.1. The molecule has 0 aromatic heterocycles. The van der Waals surface area contributed by atoms with Gasteiger partial charge in [0.2, 0.25) is 0 Å². The van der Waals surface area contributed by atoms with Gasteiger partial charge in [-0.05, 0) is 32.2 Å². The first-order chi connectivity index (χ1) is 8.93. The maximum atomic E-state index is 11.7. The summed E-state index contributed by atoms with van der Waals surface area (Å²) < 4.78 is 0. The van der Waals surface area contributed by atoms with Gasteiger partial charge < -0.3 is 10.6 Å². The number of carbonyl (C=O) groups is 1. The molecule has 1 aromatic rings. The number of hydrogen-bond donors (Lipinski definition) is 2. The molecule has 0 aliphatic carbocycles. The molecule has 0 aliphatic rings. The zero-order valence-corrected chi connectivity index (χ0v) is 11.9. The molecule has 1 atom stereocenters. The number of benzene rings is 1. The van der Waals surface area contributed by atoms with E-state index in [9.17, 15) is 14.9 Å². The Kier molecular flexibility index (Phi) is 5.62. The highest BCUT2D eigenvalue weighted by Crippen LogP contribution is 2.21. The highest BCUT2D eigenvalue weighted by molar-refractivity contribution is 7.98. The Hall–Kier alpha value is -1.76. The molecule has 1 aromatic carbocycles. The van der Waals surface area contributed by atoms with Crippen LogP contribution in [0.1, 0.15) is 12.5 Å². The fourth-order valence-electron chi connectivity index (χ4n) is 1.62. The molecule has 1 unspecified atom stereocenters. The number of rotatable bonds is 5. The summed E-state index contributed by atoms with van der Waals surface area (Å²) in [6.45, 7) is 3.55. The van der Waals surface area contributed by atoms with Crippen molar-refractivity contribution >= 4 is 29.2 Å². The van der Waals surface area contributed by atoms with Crippen molar-refractivity contribution in [2.75, 3.05) is 17.3 Å². The number of amides is 2. The van der Waals surface area contributed by atoms with E-state index >= 15 is 0 Å². The average Bonchev–Trinajstić information content (AvgIpc) is 2.28. The quantitative estimate of drug-likeness (QED) is 0.643. The Morgan fingerprint density at radius 3 is 2.74 bits per heavy atom. The molecule has 104 valence electrons. The standard InChI is InChI=1S/C12H17N3O3S/c1-8-6-10(4-5-11(8)15(17)18)14-12(16)13-9(2)7-19-3/h4-6,9H,7H2,1-3H3,(H2,13,14,16). The van der Waals surface area contributed by atoms with Crippen LogP contribution in [0.4, 0.5) is 16.2 Å². The van der Waals surface area contributed by atoms with Crippen LogP contribution in [0.2, 0.25) is 0 Å². The van der Waals surface area contributed by atoms with Crippen LogP contribution >= 0.6 is 11.8 Å². The summed E-state index contributed by atoms with van der Waals surface area (Å²) in [4.78, 5) is 21.9. The van der Waals surface area contributed by atoms with E-state index in [4.69, 9.17) is 0 Å². The molecule has 2 N–H and O–H groups in total. The summed E-state index contributed by atoms with van der Waals surface area (Å²) in [5, 5.41) is 16.1. The number of thioether (sulfide) groups is 1. The number of aryl methyl sites for hydroxylation is 1. The molecule has 2 amide bonds. The molecule has 0 heterocycles. The number of nitrogens with zero attached hydrogens (tertiary/aromatic N) is 1. The van der Waals surface area contributed by atoms with Gasteiger partial charge in [-0.15, -0.1) is 0 Å². The van der Waals surface area contributed by atoms with E-state index in [1.54, 1.807) is 24.8 Å². The van der Waals surface area contributed by atoms with Gasteiger partial charge in [0.15, 0.2) is 0 Å². The Labute approximate surface area is 116 Å². The normalized spacial score (nSPS) is 11.7. The molecule has 0 bridgehead atoms. The molecule has 0 fully saturated rings. The summed E-state index contributed by atoms with van der Waals surface area (Å²) in [5.74, 6) is 0.826. The number of carbonyl (C=O) groups excluding carboxylic acids is 1. The maximum absolute atomic E-state index is 11.7. The lowest BCUT2D eigenvalue weighted by Crippen LogP contribution is -2.37. The van der Waals surface area contributed by atoms with Gasteiger partial charge in [-0.2, -0.15) is 11.8 Å². The van der Waals surface area contributed by atoms with E-state index in [1.165, 1.54) is 12.1 Å². The fraction of sp³-hybridized carbons (Fsp3) is 0.417. The number of urea groups is 1. The largest absolute Gasteiger partial charge is 0.335 e. The van der Waals surface area contributed by atoms with Gasteiger partial charge in [0.1, 0.15) is 0 Å². The minimum atomic E-state index is -0.445. The van der Waals surface area contributed by atoms with Crippen molar-refractivity contribution in [1.29, 1.82) is 0 Å². The predicted molar refractivity (Wildman–Crippen MR) is 77.8 cm³/mol. The van der Waals surface area contributed by atoms with Gasteiger partial charge in [-0.3, -0.25) is 10.1 Å². The molecule has 0 aliphatic heterocycles. The van der Waals surface area contributed by atoms with Gasteiger partial charge in [-0.1, -0.05) is 0 Å². The average molecular weight is 283 g/mol. The first kappa shape index (κ1) is 15.3. The van der Waals surface area contributed by atoms with Gasteiger partial charge in [-0.25, -0.2) is 4.79 Å². The second-order valence-corrected chi connectivity index (χ2v) is 5.12. The van der Waals surface area contributed by atoms with Crippen LogP contribution < -0.4 is 10.6 Å². The molecular weight excluding hydrogens is 266 g/mol. The van der Waals surface area contributed by atoms with E-state index < -0.39 is 4.92 Å². The van der Waals surface area contributed by atoms with Crippen LogP contribution in [0.3, 0.4) is 0 Å². The van der Waals surface area contributed by atoms with Gasteiger partial charge >= 0.3 is 6.03 Å². The molecule has 19 heavy (non-hydrogen) atoms. The molecule has 0 radical (unpaired) electrons. The fourth-order valence-corrected chi connectivity index (χ4v) is 2.20. The van der Waals surface area contributed by atoms with E-state index in [-0.39, 0.29) is 17.8 Å². The van der Waals surface area contributed by atoms with Crippen LogP contribution in [0.25, 0.3) is 0 Å². The van der Waals surface area contributed by atoms with Crippen molar-refractivity contribution < 1.29 is 9.72 Å². The topological polar surface area (TPSA) is 84.3 Å². The molecule has 7 heteroatoms. The first-order valence-corrected chi connectivity index (χ1v) is 7.15. The van der Waals surface area contributed by atoms with Crippen molar-refractivity contribution in [3.63, 3.8) is 0 Å². The summed E-state index contributed by atoms with van der Waals surface area (Å²) in [6.07, 6.45) is 1.97. The van der Waals surface area contributed by atoms with Crippen molar-refractivity contribution in [3.8, 4) is 0 Å². The van der Waals surface area contributed by atoms with Crippen molar-refractivity contribution in [1.82, 2.24) is 5.32 Å². The maximum Gasteiger partial charge on any atom is 0.319 e. The van der Waals surface area contributed by atoms with Crippen molar-refractivity contribution in [2.45, 2.75) is 19.9 Å². The van der Waals surface area contributed by atoms with Crippen molar-refractivity contribution in [3.05, 3.63) is 33.9 Å². The summed E-state index contributed by atoms with van der Waals surface area (Å²) in [5.41, 5.74) is 1.10. The summed E-state index contributed by atoms with van der Waals surface area (Å²) in [6, 6.07) is 4.24. The number of anilines is 1. The lowest BCUT2D eigenvalue weighted by molar-refractivity contribution is -0.385. The summed E-state index contributed by atoms with van der Waals surface area (Å²) >= 11 is 1.65. The van der Waals surface area contributed by atoms with Gasteiger partial charge in [0, 0.05) is 29.1 Å². The van der Waals surface area contributed by atoms with E-state index in [0.717, 1.165) is 5.75 Å². The molecule has 0 saturated carbocycles. The third-order valence-corrected chi connectivity index (χ3v) is 3.28. The highest BCUT2D eigenvalue weighted by atomic mass is 32.2. The Bertz CT molecular complexity index is 479. The molecule has 1 rings (SSSR count). The zero-order chi connectivity index (χ0) is 14.4. The van der Waals surface area contributed by atoms with Crippen LogP contribution in [-0.4, -0.2) is 29.0 Å². The Morgan fingerprint density at radius 2 is 2.21 bits per heavy atom. The van der Waals surface area contributed by atoms with E-state index in [0.29, 0.717) is 11.3 Å². The minimum Gasteiger partial charge on any atom is -0.335 e. The Balaban J connectivity index is 2.65. The van der Waals surface area contributed by atoms with Crippen LogP contribution in [0, 0.1) is 17.0 Å². The number of hydrogen-bond acceptors (Lipinski definition) is 4. The van der Waals surface area contributed by atoms with Gasteiger partial charge in [0.25, 0.3) is 5.69 Å². The molecule has 6 nitrogen and oxygen atoms in total. The predicted octanol–water partition coefficient (Wildman–Crippen LogP) is 2.78. The van der Waals surface area contributed by atoms with E-state index in [1.807, 2.05) is 13.2 Å². The van der Waals surface area contributed by atoms with E-state index in [2.05, 4.69) is 10.6 Å². The van der Waals surface area contributed by atoms with Crippen LogP contribution in [0.5, 0.6) is 0 Å². The third kappa shape index (κ3) is 4.78. The smallest absolute Gasteiger partial charge is 0.319 e. The lowest BCUT2D eigenvalue weighted by atomic mass is 10.2. The second-order valence-electron chi connectivity index (χ2n) is 4.21.